The first-order valence-corrected chi connectivity index (χ1v) is 5.15. The lowest BCUT2D eigenvalue weighted by Crippen LogP contribution is -2.44. The van der Waals surface area contributed by atoms with Gasteiger partial charge in [0.15, 0.2) is 0 Å². The lowest BCUT2D eigenvalue weighted by molar-refractivity contribution is 0.0365. The van der Waals surface area contributed by atoms with Crippen LogP contribution in [0.25, 0.3) is 0 Å². The Bertz CT molecular complexity index is 293. The van der Waals surface area contributed by atoms with Crippen LogP contribution in [-0.2, 0) is 10.3 Å². The molecule has 1 fully saturated rings. The van der Waals surface area contributed by atoms with Crippen LogP contribution in [0.3, 0.4) is 0 Å². The summed E-state index contributed by atoms with van der Waals surface area (Å²) in [4.78, 5) is 4.31. The van der Waals surface area contributed by atoms with E-state index >= 15 is 0 Å². The summed E-state index contributed by atoms with van der Waals surface area (Å²) in [5.74, 6) is 0.801. The SMILES string of the molecule is Cc1nsc(C2(N)CCCOC2)n1. The number of hydrogen-bond donors (Lipinski definition) is 1. The van der Waals surface area contributed by atoms with Gasteiger partial charge in [0.2, 0.25) is 0 Å². The van der Waals surface area contributed by atoms with E-state index in [4.69, 9.17) is 10.5 Å². The Balaban J connectivity index is 2.22. The topological polar surface area (TPSA) is 61.0 Å². The zero-order valence-corrected chi connectivity index (χ0v) is 8.43. The Labute approximate surface area is 81.3 Å². The second kappa shape index (κ2) is 3.32. The van der Waals surface area contributed by atoms with E-state index in [0.717, 1.165) is 30.3 Å². The lowest BCUT2D eigenvalue weighted by Gasteiger charge is -2.30. The predicted octanol–water partition coefficient (Wildman–Crippen LogP) is 0.811. The molecule has 2 rings (SSSR count). The Morgan fingerprint density at radius 3 is 3.00 bits per heavy atom. The summed E-state index contributed by atoms with van der Waals surface area (Å²) < 4.78 is 9.49. The van der Waals surface area contributed by atoms with Crippen LogP contribution in [0, 0.1) is 6.92 Å². The second-order valence-electron chi connectivity index (χ2n) is 3.46. The summed E-state index contributed by atoms with van der Waals surface area (Å²) in [6, 6.07) is 0. The molecule has 1 aliphatic heterocycles. The monoisotopic (exact) mass is 199 g/mol. The molecule has 2 heterocycles. The second-order valence-corrected chi connectivity index (χ2v) is 4.21. The van der Waals surface area contributed by atoms with Crippen molar-refractivity contribution in [1.82, 2.24) is 9.36 Å². The van der Waals surface area contributed by atoms with E-state index in [1.54, 1.807) is 0 Å². The molecule has 1 aromatic rings. The number of ether oxygens (including phenoxy) is 1. The van der Waals surface area contributed by atoms with Gasteiger partial charge in [0.1, 0.15) is 10.8 Å². The summed E-state index contributed by atoms with van der Waals surface area (Å²) in [5.41, 5.74) is 5.79. The van der Waals surface area contributed by atoms with E-state index in [1.807, 2.05) is 6.92 Å². The largest absolute Gasteiger partial charge is 0.379 e. The van der Waals surface area contributed by atoms with Crippen molar-refractivity contribution in [3.05, 3.63) is 10.8 Å². The maximum absolute atomic E-state index is 6.18. The highest BCUT2D eigenvalue weighted by atomic mass is 32.1. The standard InChI is InChI=1S/C8H13N3OS/c1-6-10-7(13-11-6)8(9)3-2-4-12-5-8/h2-5,9H2,1H3. The fourth-order valence-electron chi connectivity index (χ4n) is 1.48. The molecule has 5 heteroatoms. The fraction of sp³-hybridized carbons (Fsp3) is 0.750. The average Bonchev–Trinajstić information content (AvgIpc) is 2.54. The van der Waals surface area contributed by atoms with Crippen molar-refractivity contribution in [2.24, 2.45) is 5.73 Å². The molecule has 0 bridgehead atoms. The zero-order valence-electron chi connectivity index (χ0n) is 7.62. The first-order valence-electron chi connectivity index (χ1n) is 4.38. The van der Waals surface area contributed by atoms with Gasteiger partial charge in [-0.15, -0.1) is 0 Å². The third-order valence-electron chi connectivity index (χ3n) is 2.22. The maximum Gasteiger partial charge on any atom is 0.139 e. The third kappa shape index (κ3) is 1.72. The van der Waals surface area contributed by atoms with Crippen molar-refractivity contribution in [3.63, 3.8) is 0 Å². The minimum Gasteiger partial charge on any atom is -0.379 e. The van der Waals surface area contributed by atoms with E-state index in [9.17, 15) is 0 Å². The molecule has 1 atom stereocenters. The number of nitrogens with zero attached hydrogens (tertiary/aromatic N) is 2. The lowest BCUT2D eigenvalue weighted by atomic mass is 9.95. The van der Waals surface area contributed by atoms with Gasteiger partial charge in [-0.2, -0.15) is 4.37 Å². The van der Waals surface area contributed by atoms with Crippen LogP contribution in [-0.4, -0.2) is 22.6 Å². The molecule has 4 nitrogen and oxygen atoms in total. The van der Waals surface area contributed by atoms with Gasteiger partial charge in [0.25, 0.3) is 0 Å². The number of aryl methyl sites for hydroxylation is 1. The van der Waals surface area contributed by atoms with E-state index in [2.05, 4.69) is 9.36 Å². The van der Waals surface area contributed by atoms with E-state index in [1.165, 1.54) is 11.5 Å². The highest BCUT2D eigenvalue weighted by Crippen LogP contribution is 2.28. The molecule has 0 spiro atoms. The molecule has 1 aromatic heterocycles. The number of hydrogen-bond acceptors (Lipinski definition) is 5. The van der Waals surface area contributed by atoms with Crippen LogP contribution < -0.4 is 5.73 Å². The Morgan fingerprint density at radius 1 is 1.62 bits per heavy atom. The highest BCUT2D eigenvalue weighted by molar-refractivity contribution is 7.05. The van der Waals surface area contributed by atoms with Crippen LogP contribution in [0.1, 0.15) is 23.7 Å². The quantitative estimate of drug-likeness (QED) is 0.727. The molecule has 0 aliphatic carbocycles. The molecule has 1 aliphatic rings. The van der Waals surface area contributed by atoms with Gasteiger partial charge in [-0.3, -0.25) is 0 Å². The van der Waals surface area contributed by atoms with Crippen molar-refractivity contribution in [2.45, 2.75) is 25.3 Å². The zero-order chi connectivity index (χ0) is 9.31. The first-order chi connectivity index (χ1) is 6.21. The molecule has 72 valence electrons. The van der Waals surface area contributed by atoms with Crippen LogP contribution in [0.5, 0.6) is 0 Å². The van der Waals surface area contributed by atoms with Crippen molar-refractivity contribution < 1.29 is 4.74 Å². The molecular weight excluding hydrogens is 186 g/mol. The van der Waals surface area contributed by atoms with Crippen LogP contribution in [0.15, 0.2) is 0 Å². The Morgan fingerprint density at radius 2 is 2.46 bits per heavy atom. The van der Waals surface area contributed by atoms with Gasteiger partial charge in [0.05, 0.1) is 12.1 Å². The molecule has 0 aromatic carbocycles. The van der Waals surface area contributed by atoms with Gasteiger partial charge in [-0.25, -0.2) is 4.98 Å². The third-order valence-corrected chi connectivity index (χ3v) is 3.25. The fourth-order valence-corrected chi connectivity index (χ4v) is 2.26. The molecule has 0 saturated carbocycles. The predicted molar refractivity (Wildman–Crippen MR) is 50.6 cm³/mol. The molecule has 0 radical (unpaired) electrons. The summed E-state index contributed by atoms with van der Waals surface area (Å²) in [6.45, 7) is 3.27. The normalized spacial score (nSPS) is 29.1. The minimum atomic E-state index is -0.385. The summed E-state index contributed by atoms with van der Waals surface area (Å²) in [5, 5.41) is 0.907. The molecule has 2 N–H and O–H groups in total. The molecule has 1 unspecified atom stereocenters. The first kappa shape index (κ1) is 9.05. The Kier molecular flexibility index (Phi) is 2.31. The highest BCUT2D eigenvalue weighted by Gasteiger charge is 2.33. The van der Waals surface area contributed by atoms with Gasteiger partial charge >= 0.3 is 0 Å². The maximum atomic E-state index is 6.18. The molecule has 1 saturated heterocycles. The van der Waals surface area contributed by atoms with Crippen LogP contribution in [0.4, 0.5) is 0 Å². The van der Waals surface area contributed by atoms with Crippen LogP contribution >= 0.6 is 11.5 Å². The van der Waals surface area contributed by atoms with E-state index < -0.39 is 0 Å². The van der Waals surface area contributed by atoms with E-state index in [-0.39, 0.29) is 5.54 Å². The summed E-state index contributed by atoms with van der Waals surface area (Å²) in [7, 11) is 0. The van der Waals surface area contributed by atoms with Gasteiger partial charge in [0, 0.05) is 6.61 Å². The van der Waals surface area contributed by atoms with Crippen molar-refractivity contribution >= 4 is 11.5 Å². The molecule has 0 amide bonds. The van der Waals surface area contributed by atoms with Crippen LogP contribution in [0.2, 0.25) is 0 Å². The minimum absolute atomic E-state index is 0.385. The van der Waals surface area contributed by atoms with E-state index in [0.29, 0.717) is 6.61 Å². The van der Waals surface area contributed by atoms with Crippen molar-refractivity contribution in [2.75, 3.05) is 13.2 Å². The Hall–Kier alpha value is -0.520. The number of rotatable bonds is 1. The average molecular weight is 199 g/mol. The van der Waals surface area contributed by atoms with Crippen molar-refractivity contribution in [3.8, 4) is 0 Å². The van der Waals surface area contributed by atoms with Gasteiger partial charge in [-0.05, 0) is 31.3 Å². The van der Waals surface area contributed by atoms with Gasteiger partial charge in [-0.1, -0.05) is 0 Å². The molecule has 13 heavy (non-hydrogen) atoms. The summed E-state index contributed by atoms with van der Waals surface area (Å²) >= 11 is 1.39. The number of aromatic nitrogens is 2. The van der Waals surface area contributed by atoms with Gasteiger partial charge < -0.3 is 10.5 Å². The smallest absolute Gasteiger partial charge is 0.139 e. The molecular formula is C8H13N3OS. The number of nitrogens with two attached hydrogens (primary N) is 1. The summed E-state index contributed by atoms with van der Waals surface area (Å²) in [6.07, 6.45) is 1.96. The van der Waals surface area contributed by atoms with Crippen molar-refractivity contribution in [1.29, 1.82) is 0 Å².